The third kappa shape index (κ3) is 3.73. The fraction of sp³-hybridized carbons (Fsp3) is 0.562. The third-order valence-corrected chi connectivity index (χ3v) is 3.83. The number of benzene rings is 1. The van der Waals surface area contributed by atoms with E-state index >= 15 is 0 Å². The smallest absolute Gasteiger partial charge is 0.149 e. The van der Waals surface area contributed by atoms with Crippen molar-refractivity contribution >= 4 is 11.5 Å². The van der Waals surface area contributed by atoms with Gasteiger partial charge in [0.1, 0.15) is 11.5 Å². The van der Waals surface area contributed by atoms with Crippen LogP contribution in [0, 0.1) is 5.92 Å². The van der Waals surface area contributed by atoms with E-state index in [1.165, 1.54) is 5.69 Å². The molecule has 1 fully saturated rings. The molecule has 1 aromatic carbocycles. The molecule has 0 amide bonds. The average Bonchev–Trinajstić information content (AvgIpc) is 2.48. The summed E-state index contributed by atoms with van der Waals surface area (Å²) in [5.41, 5.74) is 1.22. The van der Waals surface area contributed by atoms with Crippen molar-refractivity contribution in [3.8, 4) is 5.75 Å². The minimum absolute atomic E-state index is 0.134. The van der Waals surface area contributed by atoms with E-state index in [1.807, 2.05) is 26.0 Å². The maximum Gasteiger partial charge on any atom is 0.149 e. The van der Waals surface area contributed by atoms with Crippen LogP contribution in [0.5, 0.6) is 5.75 Å². The van der Waals surface area contributed by atoms with Crippen molar-refractivity contribution in [2.45, 2.75) is 13.8 Å². The van der Waals surface area contributed by atoms with Crippen molar-refractivity contribution in [3.63, 3.8) is 0 Å². The van der Waals surface area contributed by atoms with E-state index in [2.05, 4.69) is 21.9 Å². The highest BCUT2D eigenvalue weighted by molar-refractivity contribution is 5.82. The summed E-state index contributed by atoms with van der Waals surface area (Å²) in [6.07, 6.45) is 0. The van der Waals surface area contributed by atoms with Crippen molar-refractivity contribution < 1.29 is 9.53 Å². The maximum atomic E-state index is 11.8. The van der Waals surface area contributed by atoms with Gasteiger partial charge in [0.15, 0.2) is 0 Å². The number of nitrogens with zero attached hydrogens (tertiary/aromatic N) is 2. The highest BCUT2D eigenvalue weighted by Crippen LogP contribution is 2.20. The largest absolute Gasteiger partial charge is 0.497 e. The standard InChI is InChI=1S/C16H24N2O2/c1-13(2)16(19)12-17-8-10-18(11-9-17)14-4-6-15(20-3)7-5-14/h4-7,13H,8-12H2,1-3H3. The van der Waals surface area contributed by atoms with Crippen LogP contribution in [0.1, 0.15) is 13.8 Å². The van der Waals surface area contributed by atoms with Gasteiger partial charge in [0.25, 0.3) is 0 Å². The number of rotatable bonds is 5. The Bertz CT molecular complexity index is 434. The maximum absolute atomic E-state index is 11.8. The van der Waals surface area contributed by atoms with Crippen molar-refractivity contribution in [1.82, 2.24) is 4.90 Å². The molecule has 2 rings (SSSR count). The molecule has 0 unspecified atom stereocenters. The Hall–Kier alpha value is -1.55. The zero-order valence-electron chi connectivity index (χ0n) is 12.6. The van der Waals surface area contributed by atoms with Gasteiger partial charge >= 0.3 is 0 Å². The second-order valence-electron chi connectivity index (χ2n) is 5.58. The Morgan fingerprint density at radius 2 is 1.75 bits per heavy atom. The van der Waals surface area contributed by atoms with Gasteiger partial charge in [-0.25, -0.2) is 0 Å². The molecule has 0 radical (unpaired) electrons. The molecule has 0 saturated carbocycles. The predicted molar refractivity (Wildman–Crippen MR) is 81.5 cm³/mol. The summed E-state index contributed by atoms with van der Waals surface area (Å²) >= 11 is 0. The minimum atomic E-state index is 0.134. The number of Topliss-reactive ketones (excluding diaryl/α,β-unsaturated/α-hetero) is 1. The summed E-state index contributed by atoms with van der Waals surface area (Å²) in [5.74, 6) is 1.35. The van der Waals surface area contributed by atoms with Gasteiger partial charge in [0.2, 0.25) is 0 Å². The van der Waals surface area contributed by atoms with Crippen LogP contribution in [0.3, 0.4) is 0 Å². The van der Waals surface area contributed by atoms with Crippen molar-refractivity contribution in [3.05, 3.63) is 24.3 Å². The number of anilines is 1. The van der Waals surface area contributed by atoms with E-state index in [0.29, 0.717) is 12.3 Å². The second-order valence-corrected chi connectivity index (χ2v) is 5.58. The van der Waals surface area contributed by atoms with Crippen LogP contribution in [-0.4, -0.2) is 50.5 Å². The Balaban J connectivity index is 1.85. The van der Waals surface area contributed by atoms with E-state index in [9.17, 15) is 4.79 Å². The molecule has 1 saturated heterocycles. The second kappa shape index (κ2) is 6.75. The van der Waals surface area contributed by atoms with Crippen LogP contribution < -0.4 is 9.64 Å². The molecule has 1 heterocycles. The average molecular weight is 276 g/mol. The Morgan fingerprint density at radius 3 is 2.25 bits per heavy atom. The van der Waals surface area contributed by atoms with Gasteiger partial charge in [0, 0.05) is 37.8 Å². The molecule has 1 aromatic rings. The van der Waals surface area contributed by atoms with Crippen LogP contribution in [0.25, 0.3) is 0 Å². The monoisotopic (exact) mass is 276 g/mol. The fourth-order valence-electron chi connectivity index (χ4n) is 2.36. The lowest BCUT2D eigenvalue weighted by Crippen LogP contribution is -2.48. The molecule has 110 valence electrons. The van der Waals surface area contributed by atoms with Crippen LogP contribution in [-0.2, 0) is 4.79 Å². The van der Waals surface area contributed by atoms with Crippen LogP contribution >= 0.6 is 0 Å². The van der Waals surface area contributed by atoms with E-state index in [-0.39, 0.29) is 5.92 Å². The number of hydrogen-bond acceptors (Lipinski definition) is 4. The van der Waals surface area contributed by atoms with Gasteiger partial charge in [-0.05, 0) is 24.3 Å². The van der Waals surface area contributed by atoms with E-state index < -0.39 is 0 Å². The SMILES string of the molecule is COc1ccc(N2CCN(CC(=O)C(C)C)CC2)cc1. The van der Waals surface area contributed by atoms with Crippen LogP contribution in [0.4, 0.5) is 5.69 Å². The number of carbonyl (C=O) groups excluding carboxylic acids is 1. The van der Waals surface area contributed by atoms with Gasteiger partial charge in [-0.3, -0.25) is 9.69 Å². The highest BCUT2D eigenvalue weighted by Gasteiger charge is 2.20. The van der Waals surface area contributed by atoms with Gasteiger partial charge in [-0.1, -0.05) is 13.8 Å². The summed E-state index contributed by atoms with van der Waals surface area (Å²) < 4.78 is 5.18. The first-order chi connectivity index (χ1) is 9.60. The molecular formula is C16H24N2O2. The van der Waals surface area contributed by atoms with Crippen LogP contribution in [0.15, 0.2) is 24.3 Å². The summed E-state index contributed by atoms with van der Waals surface area (Å²) in [6.45, 7) is 8.37. The summed E-state index contributed by atoms with van der Waals surface area (Å²) in [7, 11) is 1.68. The zero-order chi connectivity index (χ0) is 14.5. The molecule has 1 aliphatic heterocycles. The lowest BCUT2D eigenvalue weighted by molar-refractivity contribution is -0.123. The first-order valence-electron chi connectivity index (χ1n) is 7.24. The number of piperazine rings is 1. The van der Waals surface area contributed by atoms with Crippen LogP contribution in [0.2, 0.25) is 0 Å². The van der Waals surface area contributed by atoms with E-state index in [1.54, 1.807) is 7.11 Å². The molecule has 0 spiro atoms. The van der Waals surface area contributed by atoms with Gasteiger partial charge in [0.05, 0.1) is 13.7 Å². The molecule has 4 heteroatoms. The van der Waals surface area contributed by atoms with Gasteiger partial charge < -0.3 is 9.64 Å². The zero-order valence-corrected chi connectivity index (χ0v) is 12.6. The number of ether oxygens (including phenoxy) is 1. The Kier molecular flexibility index (Phi) is 5.01. The molecule has 0 aliphatic carbocycles. The number of ketones is 1. The first-order valence-corrected chi connectivity index (χ1v) is 7.24. The number of hydrogen-bond donors (Lipinski definition) is 0. The highest BCUT2D eigenvalue weighted by atomic mass is 16.5. The quantitative estimate of drug-likeness (QED) is 0.824. The Morgan fingerprint density at radius 1 is 1.15 bits per heavy atom. The third-order valence-electron chi connectivity index (χ3n) is 3.83. The summed E-state index contributed by atoms with van der Waals surface area (Å²) in [6, 6.07) is 8.16. The van der Waals surface area contributed by atoms with Gasteiger partial charge in [-0.2, -0.15) is 0 Å². The van der Waals surface area contributed by atoms with Crippen molar-refractivity contribution in [1.29, 1.82) is 0 Å². The molecule has 0 bridgehead atoms. The van der Waals surface area contributed by atoms with Crippen molar-refractivity contribution in [2.24, 2.45) is 5.92 Å². The molecule has 1 aliphatic rings. The fourth-order valence-corrected chi connectivity index (χ4v) is 2.36. The molecule has 4 nitrogen and oxygen atoms in total. The predicted octanol–water partition coefficient (Wildman–Crippen LogP) is 2.04. The molecule has 0 atom stereocenters. The van der Waals surface area contributed by atoms with E-state index in [0.717, 1.165) is 31.9 Å². The first kappa shape index (κ1) is 14.9. The summed E-state index contributed by atoms with van der Waals surface area (Å²) in [4.78, 5) is 16.4. The summed E-state index contributed by atoms with van der Waals surface area (Å²) in [5, 5.41) is 0. The lowest BCUT2D eigenvalue weighted by Gasteiger charge is -2.36. The molecule has 0 N–H and O–H groups in total. The van der Waals surface area contributed by atoms with E-state index in [4.69, 9.17) is 4.74 Å². The van der Waals surface area contributed by atoms with Crippen molar-refractivity contribution in [2.75, 3.05) is 44.7 Å². The minimum Gasteiger partial charge on any atom is -0.497 e. The molecular weight excluding hydrogens is 252 g/mol. The number of carbonyl (C=O) groups is 1. The lowest BCUT2D eigenvalue weighted by atomic mass is 10.1. The molecule has 0 aromatic heterocycles. The topological polar surface area (TPSA) is 32.8 Å². The molecule has 20 heavy (non-hydrogen) atoms. The number of methoxy groups -OCH3 is 1. The Labute approximate surface area is 121 Å². The normalized spacial score (nSPS) is 16.5. The van der Waals surface area contributed by atoms with Gasteiger partial charge in [-0.15, -0.1) is 0 Å².